The van der Waals surface area contributed by atoms with Crippen LogP contribution >= 0.6 is 0 Å². The van der Waals surface area contributed by atoms with E-state index in [2.05, 4.69) is 0 Å². The molecule has 0 saturated carbocycles. The van der Waals surface area contributed by atoms with Crippen molar-refractivity contribution in [1.29, 1.82) is 0 Å². The van der Waals surface area contributed by atoms with Crippen LogP contribution in [0.25, 0.3) is 0 Å². The van der Waals surface area contributed by atoms with Crippen LogP contribution in [-0.4, -0.2) is 32.2 Å². The predicted molar refractivity (Wildman–Crippen MR) is 97.2 cm³/mol. The van der Waals surface area contributed by atoms with E-state index in [4.69, 9.17) is 5.73 Å². The number of carbonyl (C=O) groups is 2. The second-order valence-electron chi connectivity index (χ2n) is 6.28. The van der Waals surface area contributed by atoms with Gasteiger partial charge in [-0.05, 0) is 42.8 Å². The first-order valence-corrected chi connectivity index (χ1v) is 9.56. The van der Waals surface area contributed by atoms with E-state index in [1.165, 1.54) is 47.3 Å². The molecule has 8 nitrogen and oxygen atoms in total. The minimum Gasteiger partial charge on any atom is -0.399 e. The summed E-state index contributed by atoms with van der Waals surface area (Å²) in [5.41, 5.74) is 2.01. The third kappa shape index (κ3) is 3.40. The summed E-state index contributed by atoms with van der Waals surface area (Å²) in [6.07, 6.45) is -5.47. The molecule has 1 aliphatic heterocycles. The third-order valence-electron chi connectivity index (χ3n) is 4.28. The van der Waals surface area contributed by atoms with E-state index in [1.807, 2.05) is 0 Å². The fourth-order valence-electron chi connectivity index (χ4n) is 2.79. The fourth-order valence-corrected chi connectivity index (χ4v) is 4.06. The second kappa shape index (κ2) is 6.74. The first kappa shape index (κ1) is 20.6. The molecule has 0 aliphatic carbocycles. The Morgan fingerprint density at radius 1 is 1.07 bits per heavy atom. The van der Waals surface area contributed by atoms with E-state index in [1.54, 1.807) is 6.07 Å². The highest BCUT2D eigenvalue weighted by Crippen LogP contribution is 2.37. The van der Waals surface area contributed by atoms with Crippen molar-refractivity contribution >= 4 is 33.3 Å². The van der Waals surface area contributed by atoms with Gasteiger partial charge in [0.25, 0.3) is 11.6 Å². The largest absolute Gasteiger partial charge is 0.435 e. The highest BCUT2D eigenvalue weighted by Gasteiger charge is 2.70. The summed E-state index contributed by atoms with van der Waals surface area (Å²) >= 11 is 0. The Kier molecular flexibility index (Phi) is 4.79. The number of halogens is 3. The standard InChI is InChI=1S/C17H15F3N4O4S/c1-10-4-2-3-5-13(10)24-14(25)16(17(18,19)20,22-15(24)26)23-29(27,28)12-8-6-11(21)7-9-12/h2-9,23H,21H2,1H3,(H,22,26). The van der Waals surface area contributed by atoms with Crippen LogP contribution in [0.15, 0.2) is 53.4 Å². The number of amides is 3. The van der Waals surface area contributed by atoms with Gasteiger partial charge < -0.3 is 11.1 Å². The Labute approximate surface area is 163 Å². The van der Waals surface area contributed by atoms with Crippen molar-refractivity contribution in [2.45, 2.75) is 23.7 Å². The smallest absolute Gasteiger partial charge is 0.399 e. The molecule has 1 aliphatic rings. The maximum Gasteiger partial charge on any atom is 0.435 e. The van der Waals surface area contributed by atoms with Crippen molar-refractivity contribution in [2.75, 3.05) is 10.6 Å². The van der Waals surface area contributed by atoms with Crippen molar-refractivity contribution in [3.63, 3.8) is 0 Å². The summed E-state index contributed by atoms with van der Waals surface area (Å²) in [4.78, 5) is 24.8. The van der Waals surface area contributed by atoms with Crippen molar-refractivity contribution < 1.29 is 31.2 Å². The van der Waals surface area contributed by atoms with Crippen molar-refractivity contribution in [1.82, 2.24) is 10.0 Å². The SMILES string of the molecule is Cc1ccccc1N1C(=O)NC(NS(=O)(=O)c2ccc(N)cc2)(C(F)(F)F)C1=O. The zero-order valence-electron chi connectivity index (χ0n) is 14.8. The molecule has 154 valence electrons. The van der Waals surface area contributed by atoms with E-state index in [0.29, 0.717) is 5.56 Å². The average Bonchev–Trinajstić information content (AvgIpc) is 2.86. The number of carbonyl (C=O) groups excluding carboxylic acids is 2. The Hall–Kier alpha value is -3.12. The van der Waals surface area contributed by atoms with Gasteiger partial charge in [-0.25, -0.2) is 18.1 Å². The Bertz CT molecular complexity index is 1090. The molecule has 0 bridgehead atoms. The number of anilines is 2. The van der Waals surface area contributed by atoms with Gasteiger partial charge in [0.2, 0.25) is 10.0 Å². The molecular formula is C17H15F3N4O4S. The van der Waals surface area contributed by atoms with Crippen LogP contribution in [0, 0.1) is 6.92 Å². The minimum atomic E-state index is -5.47. The number of aryl methyl sites for hydroxylation is 1. The quantitative estimate of drug-likeness (QED) is 0.507. The molecule has 4 N–H and O–H groups in total. The summed E-state index contributed by atoms with van der Waals surface area (Å²) in [7, 11) is -4.86. The molecule has 0 radical (unpaired) electrons. The Morgan fingerprint density at radius 3 is 2.21 bits per heavy atom. The number of rotatable bonds is 4. The zero-order valence-corrected chi connectivity index (χ0v) is 15.6. The van der Waals surface area contributed by atoms with Gasteiger partial charge in [0.15, 0.2) is 0 Å². The first-order valence-electron chi connectivity index (χ1n) is 8.07. The molecule has 2 aromatic carbocycles. The summed E-state index contributed by atoms with van der Waals surface area (Å²) in [6, 6.07) is 8.63. The lowest BCUT2D eigenvalue weighted by Gasteiger charge is -2.29. The van der Waals surface area contributed by atoms with Crippen LogP contribution in [0.1, 0.15) is 5.56 Å². The molecule has 29 heavy (non-hydrogen) atoms. The topological polar surface area (TPSA) is 122 Å². The number of alkyl halides is 3. The zero-order chi connectivity index (χ0) is 21.6. The molecule has 1 unspecified atom stereocenters. The van der Waals surface area contributed by atoms with Gasteiger partial charge >= 0.3 is 12.2 Å². The maximum atomic E-state index is 13.9. The highest BCUT2D eigenvalue weighted by atomic mass is 32.2. The summed E-state index contributed by atoms with van der Waals surface area (Å²) < 4.78 is 68.2. The fraction of sp³-hybridized carbons (Fsp3) is 0.176. The Balaban J connectivity index is 2.09. The van der Waals surface area contributed by atoms with Crippen LogP contribution in [0.3, 0.4) is 0 Å². The van der Waals surface area contributed by atoms with E-state index in [9.17, 15) is 31.2 Å². The number of nitrogens with zero attached hydrogens (tertiary/aromatic N) is 1. The lowest BCUT2D eigenvalue weighted by Crippen LogP contribution is -2.69. The predicted octanol–water partition coefficient (Wildman–Crippen LogP) is 1.87. The number of nitrogens with one attached hydrogen (secondary N) is 2. The molecule has 1 heterocycles. The maximum absolute atomic E-state index is 13.9. The van der Waals surface area contributed by atoms with Crippen molar-refractivity contribution in [3.05, 3.63) is 54.1 Å². The third-order valence-corrected chi connectivity index (χ3v) is 5.75. The monoisotopic (exact) mass is 428 g/mol. The number of sulfonamides is 1. The molecule has 1 saturated heterocycles. The summed E-state index contributed by atoms with van der Waals surface area (Å²) in [5.74, 6) is -1.82. The Morgan fingerprint density at radius 2 is 1.66 bits per heavy atom. The normalized spacial score (nSPS) is 20.1. The van der Waals surface area contributed by atoms with Gasteiger partial charge in [0.1, 0.15) is 0 Å². The number of nitrogen functional groups attached to an aromatic ring is 1. The van der Waals surface area contributed by atoms with Gasteiger partial charge in [-0.3, -0.25) is 4.79 Å². The van der Waals surface area contributed by atoms with Gasteiger partial charge in [0, 0.05) is 5.69 Å². The van der Waals surface area contributed by atoms with Gasteiger partial charge in [-0.15, -0.1) is 0 Å². The van der Waals surface area contributed by atoms with Crippen LogP contribution in [0.5, 0.6) is 0 Å². The van der Waals surface area contributed by atoms with E-state index >= 15 is 0 Å². The molecule has 12 heteroatoms. The number of urea groups is 1. The van der Waals surface area contributed by atoms with Crippen LogP contribution in [0.4, 0.5) is 29.3 Å². The molecule has 3 amide bonds. The van der Waals surface area contributed by atoms with Gasteiger partial charge in [-0.2, -0.15) is 17.9 Å². The van der Waals surface area contributed by atoms with Crippen molar-refractivity contribution in [3.8, 4) is 0 Å². The van der Waals surface area contributed by atoms with Gasteiger partial charge in [-0.1, -0.05) is 18.2 Å². The number of hydrogen-bond donors (Lipinski definition) is 3. The van der Waals surface area contributed by atoms with E-state index in [0.717, 1.165) is 12.1 Å². The number of hydrogen-bond acceptors (Lipinski definition) is 5. The lowest BCUT2D eigenvalue weighted by atomic mass is 10.1. The second-order valence-corrected chi connectivity index (χ2v) is 7.96. The first-order chi connectivity index (χ1) is 13.4. The molecule has 1 fully saturated rings. The van der Waals surface area contributed by atoms with Gasteiger partial charge in [0.05, 0.1) is 10.6 Å². The highest BCUT2D eigenvalue weighted by molar-refractivity contribution is 7.89. The molecule has 1 atom stereocenters. The molecule has 0 aromatic heterocycles. The molecule has 2 aromatic rings. The summed E-state index contributed by atoms with van der Waals surface area (Å²) in [6.45, 7) is 1.49. The molecular weight excluding hydrogens is 413 g/mol. The average molecular weight is 428 g/mol. The molecule has 0 spiro atoms. The van der Waals surface area contributed by atoms with E-state index < -0.39 is 38.7 Å². The number of benzene rings is 2. The number of imide groups is 1. The number of nitrogens with two attached hydrogens (primary N) is 1. The molecule has 3 rings (SSSR count). The minimum absolute atomic E-state index is 0.104. The van der Waals surface area contributed by atoms with Crippen LogP contribution < -0.4 is 20.7 Å². The van der Waals surface area contributed by atoms with Crippen LogP contribution in [-0.2, 0) is 14.8 Å². The lowest BCUT2D eigenvalue weighted by molar-refractivity contribution is -0.194. The summed E-state index contributed by atoms with van der Waals surface area (Å²) in [5, 5.41) is 1.47. The van der Waals surface area contributed by atoms with Crippen LogP contribution in [0.2, 0.25) is 0 Å². The number of para-hydroxylation sites is 1. The van der Waals surface area contributed by atoms with E-state index in [-0.39, 0.29) is 16.3 Å². The van der Waals surface area contributed by atoms with Crippen molar-refractivity contribution in [2.24, 2.45) is 0 Å².